The van der Waals surface area contributed by atoms with E-state index in [1.807, 2.05) is 0 Å². The Hall–Kier alpha value is -0.570. The Morgan fingerprint density at radius 1 is 1.21 bits per heavy atom. The van der Waals surface area contributed by atoms with E-state index in [2.05, 4.69) is 12.2 Å². The van der Waals surface area contributed by atoms with E-state index < -0.39 is 0 Å². The molecule has 3 N–H and O–H groups in total. The van der Waals surface area contributed by atoms with Gasteiger partial charge >= 0.3 is 0 Å². The van der Waals surface area contributed by atoms with Crippen LogP contribution in [0.5, 0.6) is 0 Å². The zero-order chi connectivity index (χ0) is 13.5. The minimum atomic E-state index is -0.307. The quantitative estimate of drug-likeness (QED) is 0.801. The van der Waals surface area contributed by atoms with Crippen LogP contribution in [0.4, 0.5) is 0 Å². The highest BCUT2D eigenvalue weighted by Crippen LogP contribution is 2.59. The van der Waals surface area contributed by atoms with Gasteiger partial charge in [0.15, 0.2) is 0 Å². The first-order valence-electron chi connectivity index (χ1n) is 8.13. The Bertz CT molecular complexity index is 317. The van der Waals surface area contributed by atoms with Crippen molar-refractivity contribution in [3.05, 3.63) is 0 Å². The van der Waals surface area contributed by atoms with E-state index in [0.717, 1.165) is 37.1 Å². The van der Waals surface area contributed by atoms with E-state index >= 15 is 0 Å². The first-order valence-corrected chi connectivity index (χ1v) is 8.13. The van der Waals surface area contributed by atoms with Crippen molar-refractivity contribution in [2.75, 3.05) is 6.54 Å². The molecule has 0 aromatic heterocycles. The summed E-state index contributed by atoms with van der Waals surface area (Å²) < 4.78 is 0. The van der Waals surface area contributed by atoms with E-state index in [1.54, 1.807) is 0 Å². The molecule has 4 saturated carbocycles. The molecule has 4 fully saturated rings. The third-order valence-corrected chi connectivity index (χ3v) is 5.74. The van der Waals surface area contributed by atoms with Crippen LogP contribution < -0.4 is 11.1 Å². The van der Waals surface area contributed by atoms with Crippen molar-refractivity contribution in [1.29, 1.82) is 0 Å². The molecule has 0 saturated heterocycles. The van der Waals surface area contributed by atoms with Gasteiger partial charge in [-0.1, -0.05) is 13.3 Å². The normalized spacial score (nSPS) is 41.3. The number of nitrogens with one attached hydrogen (secondary N) is 1. The molecule has 3 nitrogen and oxygen atoms in total. The van der Waals surface area contributed by atoms with Crippen LogP contribution in [0, 0.1) is 23.2 Å². The lowest BCUT2D eigenvalue weighted by Crippen LogP contribution is -2.53. The molecule has 19 heavy (non-hydrogen) atoms. The number of hydrogen-bond donors (Lipinski definition) is 2. The van der Waals surface area contributed by atoms with Gasteiger partial charge in [-0.3, -0.25) is 4.79 Å². The second-order valence-corrected chi connectivity index (χ2v) is 7.53. The molecular weight excluding hydrogens is 236 g/mol. The monoisotopic (exact) mass is 264 g/mol. The third kappa shape index (κ3) is 2.67. The lowest BCUT2D eigenvalue weighted by molar-refractivity contribution is -0.124. The maximum Gasteiger partial charge on any atom is 0.236 e. The highest BCUT2D eigenvalue weighted by atomic mass is 16.2. The predicted octanol–water partition coefficient (Wildman–Crippen LogP) is 2.45. The summed E-state index contributed by atoms with van der Waals surface area (Å²) in [5.41, 5.74) is 6.32. The molecule has 4 aliphatic carbocycles. The van der Waals surface area contributed by atoms with Crippen molar-refractivity contribution in [3.8, 4) is 0 Å². The van der Waals surface area contributed by atoms with Crippen molar-refractivity contribution in [3.63, 3.8) is 0 Å². The van der Waals surface area contributed by atoms with Crippen LogP contribution in [0.2, 0.25) is 0 Å². The zero-order valence-electron chi connectivity index (χ0n) is 12.2. The maximum atomic E-state index is 12.0. The van der Waals surface area contributed by atoms with Gasteiger partial charge in [-0.25, -0.2) is 0 Å². The van der Waals surface area contributed by atoms with Crippen LogP contribution in [0.25, 0.3) is 0 Å². The van der Waals surface area contributed by atoms with Gasteiger partial charge < -0.3 is 11.1 Å². The highest BCUT2D eigenvalue weighted by molar-refractivity contribution is 5.81. The summed E-state index contributed by atoms with van der Waals surface area (Å²) in [5.74, 6) is 2.92. The second-order valence-electron chi connectivity index (χ2n) is 7.53. The Kier molecular flexibility index (Phi) is 3.59. The number of nitrogens with two attached hydrogens (primary N) is 1. The molecule has 0 radical (unpaired) electrons. The molecule has 0 aromatic rings. The van der Waals surface area contributed by atoms with Crippen LogP contribution in [0.3, 0.4) is 0 Å². The molecular formula is C16H28N2O. The Labute approximate surface area is 116 Å². The van der Waals surface area contributed by atoms with Gasteiger partial charge in [-0.2, -0.15) is 0 Å². The first kappa shape index (κ1) is 13.4. The van der Waals surface area contributed by atoms with Crippen LogP contribution in [0.15, 0.2) is 0 Å². The molecule has 4 aliphatic rings. The van der Waals surface area contributed by atoms with Crippen LogP contribution >= 0.6 is 0 Å². The largest absolute Gasteiger partial charge is 0.354 e. The summed E-state index contributed by atoms with van der Waals surface area (Å²) in [5, 5.41) is 3.16. The number of rotatable bonds is 5. The lowest BCUT2D eigenvalue weighted by atomic mass is 9.49. The van der Waals surface area contributed by atoms with Gasteiger partial charge in [-0.05, 0) is 68.1 Å². The molecule has 4 rings (SSSR count). The molecule has 1 amide bonds. The standard InChI is InChI=1S/C16H28N2O/c1-2-3-14(17)15(19)18-10-16-7-11-4-12(8-16)6-13(5-11)9-16/h11-14H,2-10,17H2,1H3,(H,18,19)/t11?,12?,13?,14-,16?/m1/s1. The molecule has 0 spiro atoms. The van der Waals surface area contributed by atoms with Gasteiger partial charge in [0.1, 0.15) is 0 Å². The van der Waals surface area contributed by atoms with Gasteiger partial charge in [0.05, 0.1) is 6.04 Å². The topological polar surface area (TPSA) is 55.1 Å². The van der Waals surface area contributed by atoms with Crippen LogP contribution in [-0.2, 0) is 4.79 Å². The molecule has 0 aliphatic heterocycles. The summed E-state index contributed by atoms with van der Waals surface area (Å²) in [6, 6.07) is -0.307. The van der Waals surface area contributed by atoms with E-state index in [1.165, 1.54) is 38.5 Å². The van der Waals surface area contributed by atoms with Crippen molar-refractivity contribution in [2.45, 2.75) is 64.3 Å². The predicted molar refractivity (Wildman–Crippen MR) is 76.5 cm³/mol. The highest BCUT2D eigenvalue weighted by Gasteiger charge is 2.50. The average molecular weight is 264 g/mol. The third-order valence-electron chi connectivity index (χ3n) is 5.74. The summed E-state index contributed by atoms with van der Waals surface area (Å²) in [4.78, 5) is 12.0. The second kappa shape index (κ2) is 5.08. The number of hydrogen-bond acceptors (Lipinski definition) is 2. The van der Waals surface area contributed by atoms with Gasteiger partial charge in [0, 0.05) is 6.54 Å². The van der Waals surface area contributed by atoms with Crippen LogP contribution in [-0.4, -0.2) is 18.5 Å². The zero-order valence-corrected chi connectivity index (χ0v) is 12.2. The minimum Gasteiger partial charge on any atom is -0.354 e. The number of carbonyl (C=O) groups excluding carboxylic acids is 1. The van der Waals surface area contributed by atoms with Crippen molar-refractivity contribution in [2.24, 2.45) is 28.9 Å². The fourth-order valence-corrected chi connectivity index (χ4v) is 5.35. The molecule has 0 unspecified atom stereocenters. The lowest BCUT2D eigenvalue weighted by Gasteiger charge is -2.57. The van der Waals surface area contributed by atoms with E-state index in [-0.39, 0.29) is 11.9 Å². The molecule has 3 heteroatoms. The van der Waals surface area contributed by atoms with E-state index in [4.69, 9.17) is 5.73 Å². The summed E-state index contributed by atoms with van der Waals surface area (Å²) >= 11 is 0. The molecule has 1 atom stereocenters. The number of carbonyl (C=O) groups is 1. The molecule has 0 aromatic carbocycles. The Morgan fingerprint density at radius 3 is 2.21 bits per heavy atom. The van der Waals surface area contributed by atoms with Crippen LogP contribution in [0.1, 0.15) is 58.3 Å². The molecule has 0 heterocycles. The number of amides is 1. The van der Waals surface area contributed by atoms with Crippen molar-refractivity contribution < 1.29 is 4.79 Å². The summed E-state index contributed by atoms with van der Waals surface area (Å²) in [6.07, 6.45) is 10.2. The summed E-state index contributed by atoms with van der Waals surface area (Å²) in [7, 11) is 0. The molecule has 4 bridgehead atoms. The fraction of sp³-hybridized carbons (Fsp3) is 0.938. The van der Waals surface area contributed by atoms with Crippen molar-refractivity contribution >= 4 is 5.91 Å². The smallest absolute Gasteiger partial charge is 0.236 e. The van der Waals surface area contributed by atoms with Crippen molar-refractivity contribution in [1.82, 2.24) is 5.32 Å². The Morgan fingerprint density at radius 2 is 1.74 bits per heavy atom. The average Bonchev–Trinajstić information content (AvgIpc) is 2.34. The van der Waals surface area contributed by atoms with Gasteiger partial charge in [0.2, 0.25) is 5.91 Å². The van der Waals surface area contributed by atoms with Gasteiger partial charge in [-0.15, -0.1) is 0 Å². The minimum absolute atomic E-state index is 0.0672. The maximum absolute atomic E-state index is 12.0. The Balaban J connectivity index is 1.56. The SMILES string of the molecule is CCC[C@@H](N)C(=O)NCC12CC3CC(CC(C3)C1)C2. The van der Waals surface area contributed by atoms with Gasteiger partial charge in [0.25, 0.3) is 0 Å². The molecule has 108 valence electrons. The van der Waals surface area contributed by atoms with E-state index in [9.17, 15) is 4.79 Å². The fourth-order valence-electron chi connectivity index (χ4n) is 5.35. The summed E-state index contributed by atoms with van der Waals surface area (Å²) in [6.45, 7) is 2.96. The first-order chi connectivity index (χ1) is 9.10. The van der Waals surface area contributed by atoms with E-state index in [0.29, 0.717) is 5.41 Å².